The molecule has 0 bridgehead atoms. The Labute approximate surface area is 182 Å². The lowest BCUT2D eigenvalue weighted by Gasteiger charge is -2.29. The molecule has 2 aliphatic rings. The summed E-state index contributed by atoms with van der Waals surface area (Å²) >= 11 is 5.81. The smallest absolute Gasteiger partial charge is 0.170 e. The zero-order chi connectivity index (χ0) is 20.3. The van der Waals surface area contributed by atoms with Crippen molar-refractivity contribution in [2.75, 3.05) is 6.61 Å². The molecule has 3 unspecified atom stereocenters. The predicted octanol–water partition coefficient (Wildman–Crippen LogP) is 4.23. The molecule has 6 heteroatoms. The molecule has 5 nitrogen and oxygen atoms in total. The van der Waals surface area contributed by atoms with E-state index in [1.165, 1.54) is 11.3 Å². The quantitative estimate of drug-likeness (QED) is 0.607. The Balaban J connectivity index is 1.51. The molecule has 3 atom stereocenters. The fourth-order valence-corrected chi connectivity index (χ4v) is 4.85. The molecule has 30 heavy (non-hydrogen) atoms. The van der Waals surface area contributed by atoms with Crippen molar-refractivity contribution in [1.29, 1.82) is 0 Å². The Morgan fingerprint density at radius 3 is 2.70 bits per heavy atom. The van der Waals surface area contributed by atoms with E-state index in [4.69, 9.17) is 17.0 Å². The fourth-order valence-electron chi connectivity index (χ4n) is 4.55. The number of hydrogen-bond donors (Lipinski definition) is 1. The first-order valence-electron chi connectivity index (χ1n) is 10.6. The molecule has 0 saturated carbocycles. The van der Waals surface area contributed by atoms with Crippen molar-refractivity contribution in [2.45, 2.75) is 44.1 Å². The highest BCUT2D eigenvalue weighted by Crippen LogP contribution is 2.39. The molecule has 0 radical (unpaired) electrons. The fraction of sp³-hybridized carbons (Fsp3) is 0.333. The van der Waals surface area contributed by atoms with E-state index in [-0.39, 0.29) is 18.2 Å². The summed E-state index contributed by atoms with van der Waals surface area (Å²) in [7, 11) is 0. The minimum atomic E-state index is 0.000517. The van der Waals surface area contributed by atoms with Crippen LogP contribution in [0.4, 0.5) is 0 Å². The normalized spacial score (nSPS) is 23.7. The Hall–Kier alpha value is -2.70. The van der Waals surface area contributed by atoms with E-state index < -0.39 is 0 Å². The van der Waals surface area contributed by atoms with Crippen LogP contribution in [0.5, 0.6) is 0 Å². The van der Waals surface area contributed by atoms with E-state index in [1.54, 1.807) is 0 Å². The Morgan fingerprint density at radius 1 is 1.07 bits per heavy atom. The summed E-state index contributed by atoms with van der Waals surface area (Å²) in [6.45, 7) is 2.50. The second-order valence-electron chi connectivity index (χ2n) is 7.96. The maximum atomic E-state index is 5.91. The van der Waals surface area contributed by atoms with E-state index in [0.717, 1.165) is 43.3 Å². The highest BCUT2D eigenvalue weighted by molar-refractivity contribution is 7.80. The van der Waals surface area contributed by atoms with Crippen LogP contribution in [0.3, 0.4) is 0 Å². The molecule has 0 spiro atoms. The monoisotopic (exact) mass is 418 g/mol. The van der Waals surface area contributed by atoms with Gasteiger partial charge in [0, 0.05) is 37.8 Å². The van der Waals surface area contributed by atoms with E-state index >= 15 is 0 Å². The van der Waals surface area contributed by atoms with Gasteiger partial charge in [0.25, 0.3) is 0 Å². The van der Waals surface area contributed by atoms with E-state index in [2.05, 4.69) is 68.4 Å². The van der Waals surface area contributed by atoms with Crippen LogP contribution in [0.2, 0.25) is 0 Å². The Bertz CT molecular complexity index is 985. The van der Waals surface area contributed by atoms with E-state index in [9.17, 15) is 0 Å². The predicted molar refractivity (Wildman–Crippen MR) is 121 cm³/mol. The molecule has 5 rings (SSSR count). The summed E-state index contributed by atoms with van der Waals surface area (Å²) in [5.74, 6) is 0. The van der Waals surface area contributed by atoms with Gasteiger partial charge in [-0.2, -0.15) is 0 Å². The highest BCUT2D eigenvalue weighted by Gasteiger charge is 2.41. The van der Waals surface area contributed by atoms with Gasteiger partial charge in [-0.15, -0.1) is 0 Å². The third-order valence-corrected chi connectivity index (χ3v) is 6.34. The number of nitrogens with one attached hydrogen (secondary N) is 1. The molecule has 154 valence electrons. The summed E-state index contributed by atoms with van der Waals surface area (Å²) in [6, 6.07) is 21.0. The third-order valence-electron chi connectivity index (χ3n) is 5.99. The summed E-state index contributed by atoms with van der Waals surface area (Å²) < 4.78 is 8.25. The molecule has 1 N–H and O–H groups in total. The van der Waals surface area contributed by atoms with E-state index in [0.29, 0.717) is 0 Å². The SMILES string of the molecule is S=C1NC(c2ccccn2)C(c2cccn2CC2CCCO2)N1Cc1ccccc1. The molecular weight excluding hydrogens is 392 g/mol. The van der Waals surface area contributed by atoms with Gasteiger partial charge in [-0.3, -0.25) is 4.98 Å². The average Bonchev–Trinajstić information content (AvgIpc) is 3.52. The van der Waals surface area contributed by atoms with Gasteiger partial charge in [0.05, 0.1) is 23.9 Å². The van der Waals surface area contributed by atoms with Crippen LogP contribution < -0.4 is 5.32 Å². The number of benzene rings is 1. The van der Waals surface area contributed by atoms with Crippen molar-refractivity contribution in [1.82, 2.24) is 19.8 Å². The van der Waals surface area contributed by atoms with Crippen molar-refractivity contribution in [3.05, 3.63) is 90.0 Å². The minimum Gasteiger partial charge on any atom is -0.376 e. The van der Waals surface area contributed by atoms with Crippen LogP contribution in [-0.2, 0) is 17.8 Å². The van der Waals surface area contributed by atoms with E-state index in [1.807, 2.05) is 24.4 Å². The molecule has 2 aromatic heterocycles. The molecule has 1 aromatic carbocycles. The zero-order valence-electron chi connectivity index (χ0n) is 16.9. The van der Waals surface area contributed by atoms with Crippen LogP contribution in [0.25, 0.3) is 0 Å². The largest absolute Gasteiger partial charge is 0.376 e. The van der Waals surface area contributed by atoms with Gasteiger partial charge in [0.15, 0.2) is 5.11 Å². The molecule has 3 aromatic rings. The summed E-state index contributed by atoms with van der Waals surface area (Å²) in [4.78, 5) is 6.94. The van der Waals surface area contributed by atoms with Crippen LogP contribution in [0.15, 0.2) is 73.1 Å². The first kappa shape index (κ1) is 19.3. The lowest BCUT2D eigenvalue weighted by molar-refractivity contribution is 0.0953. The molecule has 2 aliphatic heterocycles. The summed E-state index contributed by atoms with van der Waals surface area (Å²) in [6.07, 6.45) is 6.56. The number of rotatable bonds is 6. The first-order valence-corrected chi connectivity index (χ1v) is 11.0. The van der Waals surface area contributed by atoms with Crippen LogP contribution >= 0.6 is 12.2 Å². The third kappa shape index (κ3) is 3.85. The maximum Gasteiger partial charge on any atom is 0.170 e. The first-order chi connectivity index (χ1) is 14.8. The van der Waals surface area contributed by atoms with Crippen LogP contribution in [0.1, 0.15) is 41.9 Å². The van der Waals surface area contributed by atoms with Gasteiger partial charge >= 0.3 is 0 Å². The number of pyridine rings is 1. The topological polar surface area (TPSA) is 42.3 Å². The Kier molecular flexibility index (Phi) is 5.51. The van der Waals surface area contributed by atoms with Crippen molar-refractivity contribution in [3.63, 3.8) is 0 Å². The molecule has 2 fully saturated rings. The Morgan fingerprint density at radius 2 is 1.93 bits per heavy atom. The van der Waals surface area contributed by atoms with Gasteiger partial charge in [-0.25, -0.2) is 0 Å². The van der Waals surface area contributed by atoms with Gasteiger partial charge in [0.1, 0.15) is 0 Å². The van der Waals surface area contributed by atoms with Gasteiger partial charge in [-0.1, -0.05) is 36.4 Å². The molecule has 2 saturated heterocycles. The van der Waals surface area contributed by atoms with Gasteiger partial charge in [0.2, 0.25) is 0 Å². The standard InChI is InChI=1S/C24H26N4OS/c30-24-26-22(20-11-4-5-13-25-20)23(28(24)16-18-8-2-1-3-9-18)21-12-6-14-27(21)17-19-10-7-15-29-19/h1-6,8-9,11-14,19,22-23H,7,10,15-17H2,(H,26,30). The van der Waals surface area contributed by atoms with Crippen molar-refractivity contribution in [3.8, 4) is 0 Å². The van der Waals surface area contributed by atoms with Crippen LogP contribution in [0, 0.1) is 0 Å². The molecule has 0 aliphatic carbocycles. The number of ether oxygens (including phenoxy) is 1. The summed E-state index contributed by atoms with van der Waals surface area (Å²) in [5.41, 5.74) is 3.49. The number of nitrogens with zero attached hydrogens (tertiary/aromatic N) is 3. The number of thiocarbonyl (C=S) groups is 1. The zero-order valence-corrected chi connectivity index (χ0v) is 17.7. The number of aromatic nitrogens is 2. The molecular formula is C24H26N4OS. The van der Waals surface area contributed by atoms with Gasteiger partial charge in [-0.05, 0) is 54.9 Å². The lowest BCUT2D eigenvalue weighted by atomic mass is 10.0. The van der Waals surface area contributed by atoms with Crippen molar-refractivity contribution in [2.24, 2.45) is 0 Å². The second kappa shape index (κ2) is 8.58. The van der Waals surface area contributed by atoms with Crippen molar-refractivity contribution < 1.29 is 4.74 Å². The minimum absolute atomic E-state index is 0.000517. The highest BCUT2D eigenvalue weighted by atomic mass is 32.1. The van der Waals surface area contributed by atoms with Crippen molar-refractivity contribution >= 4 is 17.3 Å². The van der Waals surface area contributed by atoms with Crippen LogP contribution in [-0.4, -0.2) is 32.3 Å². The lowest BCUT2D eigenvalue weighted by Crippen LogP contribution is -2.30. The second-order valence-corrected chi connectivity index (χ2v) is 8.35. The number of hydrogen-bond acceptors (Lipinski definition) is 3. The maximum absolute atomic E-state index is 5.91. The average molecular weight is 419 g/mol. The molecule has 0 amide bonds. The summed E-state index contributed by atoms with van der Waals surface area (Å²) in [5, 5.41) is 4.32. The van der Waals surface area contributed by atoms with Gasteiger partial charge < -0.3 is 19.5 Å². The molecule has 4 heterocycles.